The first kappa shape index (κ1) is 12.5. The third kappa shape index (κ3) is 4.62. The van der Waals surface area contributed by atoms with Crippen LogP contribution < -0.4 is 11.1 Å². The topological polar surface area (TPSA) is 64.4 Å². The summed E-state index contributed by atoms with van der Waals surface area (Å²) in [5.74, 6) is 0.443. The van der Waals surface area contributed by atoms with Gasteiger partial charge in [-0.1, -0.05) is 13.3 Å². The number of nitrogens with two attached hydrogens (primary N) is 1. The molecule has 1 saturated heterocycles. The van der Waals surface area contributed by atoms with Crippen LogP contribution in [0.2, 0.25) is 0 Å². The highest BCUT2D eigenvalue weighted by Crippen LogP contribution is 2.12. The minimum Gasteiger partial charge on any atom is -0.381 e. The molecule has 4 heteroatoms. The molecule has 0 aromatic rings. The zero-order valence-corrected chi connectivity index (χ0v) is 9.50. The highest BCUT2D eigenvalue weighted by atomic mass is 16.5. The van der Waals surface area contributed by atoms with E-state index in [-0.39, 0.29) is 11.9 Å². The third-order valence-electron chi connectivity index (χ3n) is 2.76. The summed E-state index contributed by atoms with van der Waals surface area (Å²) < 4.78 is 5.34. The lowest BCUT2D eigenvalue weighted by molar-refractivity contribution is -0.122. The molecule has 0 aromatic carbocycles. The predicted octanol–water partition coefficient (Wildman–Crippen LogP) is 0.657. The Kier molecular flexibility index (Phi) is 5.65. The molecule has 88 valence electrons. The second kappa shape index (κ2) is 6.80. The number of carbonyl (C=O) groups is 1. The Bertz CT molecular complexity index is 191. The summed E-state index contributed by atoms with van der Waals surface area (Å²) >= 11 is 0. The molecule has 4 nitrogen and oxygen atoms in total. The Balaban J connectivity index is 2.14. The van der Waals surface area contributed by atoms with Crippen molar-refractivity contribution in [2.24, 2.45) is 11.7 Å². The summed E-state index contributed by atoms with van der Waals surface area (Å²) in [6.45, 7) is 4.36. The first-order chi connectivity index (χ1) is 7.24. The minimum absolute atomic E-state index is 0.0255. The summed E-state index contributed by atoms with van der Waals surface area (Å²) in [5, 5.41) is 2.89. The summed E-state index contributed by atoms with van der Waals surface area (Å²) in [7, 11) is 0. The highest BCUT2D eigenvalue weighted by Gasteiger charge is 2.17. The van der Waals surface area contributed by atoms with Crippen molar-refractivity contribution in [3.05, 3.63) is 0 Å². The third-order valence-corrected chi connectivity index (χ3v) is 2.76. The Morgan fingerprint density at radius 3 is 3.07 bits per heavy atom. The minimum atomic E-state index is -0.348. The van der Waals surface area contributed by atoms with Crippen molar-refractivity contribution < 1.29 is 9.53 Å². The number of hydrogen-bond donors (Lipinski definition) is 2. The van der Waals surface area contributed by atoms with Crippen molar-refractivity contribution in [3.8, 4) is 0 Å². The maximum Gasteiger partial charge on any atom is 0.236 e. The zero-order valence-electron chi connectivity index (χ0n) is 9.50. The number of carbonyl (C=O) groups excluding carboxylic acids is 1. The summed E-state index contributed by atoms with van der Waals surface area (Å²) in [4.78, 5) is 11.5. The molecule has 2 atom stereocenters. The molecule has 3 N–H and O–H groups in total. The molecule has 1 aliphatic rings. The molecule has 1 unspecified atom stereocenters. The van der Waals surface area contributed by atoms with Crippen LogP contribution >= 0.6 is 0 Å². The lowest BCUT2D eigenvalue weighted by Gasteiger charge is -2.22. The van der Waals surface area contributed by atoms with Gasteiger partial charge < -0.3 is 15.8 Å². The Labute approximate surface area is 91.5 Å². The number of ether oxygens (including phenoxy) is 1. The van der Waals surface area contributed by atoms with Gasteiger partial charge in [0, 0.05) is 13.2 Å². The number of hydrogen-bond acceptors (Lipinski definition) is 3. The molecule has 0 bridgehead atoms. The molecule has 0 aliphatic carbocycles. The van der Waals surface area contributed by atoms with Crippen LogP contribution in [0.4, 0.5) is 0 Å². The monoisotopic (exact) mass is 214 g/mol. The average molecular weight is 214 g/mol. The van der Waals surface area contributed by atoms with Gasteiger partial charge in [0.1, 0.15) is 0 Å². The fourth-order valence-corrected chi connectivity index (χ4v) is 1.79. The lowest BCUT2D eigenvalue weighted by Crippen LogP contribution is -2.43. The summed E-state index contributed by atoms with van der Waals surface area (Å²) in [6.07, 6.45) is 3.94. The van der Waals surface area contributed by atoms with Crippen LogP contribution in [0.15, 0.2) is 0 Å². The van der Waals surface area contributed by atoms with E-state index in [1.54, 1.807) is 0 Å². The first-order valence-electron chi connectivity index (χ1n) is 5.85. The van der Waals surface area contributed by atoms with Gasteiger partial charge in [0.15, 0.2) is 0 Å². The van der Waals surface area contributed by atoms with Crippen LogP contribution in [0.1, 0.15) is 32.6 Å². The Morgan fingerprint density at radius 2 is 2.47 bits per heavy atom. The number of rotatable bonds is 5. The maximum atomic E-state index is 11.5. The predicted molar refractivity (Wildman–Crippen MR) is 59.4 cm³/mol. The van der Waals surface area contributed by atoms with Gasteiger partial charge in [0.25, 0.3) is 0 Å². The van der Waals surface area contributed by atoms with E-state index in [2.05, 4.69) is 5.32 Å². The molecule has 0 radical (unpaired) electrons. The van der Waals surface area contributed by atoms with Crippen molar-refractivity contribution in [2.75, 3.05) is 19.8 Å². The normalized spacial score (nSPS) is 23.5. The van der Waals surface area contributed by atoms with Gasteiger partial charge in [-0.15, -0.1) is 0 Å². The van der Waals surface area contributed by atoms with Gasteiger partial charge in [-0.05, 0) is 25.2 Å². The highest BCUT2D eigenvalue weighted by molar-refractivity contribution is 5.81. The van der Waals surface area contributed by atoms with Gasteiger partial charge in [-0.25, -0.2) is 0 Å². The molecule has 1 amide bonds. The maximum absolute atomic E-state index is 11.5. The van der Waals surface area contributed by atoms with Gasteiger partial charge in [0.2, 0.25) is 5.91 Å². The second-order valence-corrected chi connectivity index (χ2v) is 4.22. The molecule has 1 aliphatic heterocycles. The van der Waals surface area contributed by atoms with Crippen LogP contribution in [0.3, 0.4) is 0 Å². The van der Waals surface area contributed by atoms with E-state index in [9.17, 15) is 4.79 Å². The molecular weight excluding hydrogens is 192 g/mol. The van der Waals surface area contributed by atoms with E-state index in [4.69, 9.17) is 10.5 Å². The summed E-state index contributed by atoms with van der Waals surface area (Å²) in [5.41, 5.74) is 5.70. The summed E-state index contributed by atoms with van der Waals surface area (Å²) in [6, 6.07) is -0.348. The molecular formula is C11H22N2O2. The fraction of sp³-hybridized carbons (Fsp3) is 0.909. The van der Waals surface area contributed by atoms with E-state index < -0.39 is 0 Å². The largest absolute Gasteiger partial charge is 0.381 e. The number of nitrogens with one attached hydrogen (secondary N) is 1. The van der Waals surface area contributed by atoms with Crippen LogP contribution in [-0.4, -0.2) is 31.7 Å². The van der Waals surface area contributed by atoms with E-state index in [0.29, 0.717) is 12.5 Å². The van der Waals surface area contributed by atoms with E-state index in [0.717, 1.165) is 38.9 Å². The molecule has 1 heterocycles. The molecule has 0 aromatic heterocycles. The fourth-order valence-electron chi connectivity index (χ4n) is 1.79. The molecule has 0 saturated carbocycles. The Hall–Kier alpha value is -0.610. The van der Waals surface area contributed by atoms with Crippen molar-refractivity contribution in [1.29, 1.82) is 0 Å². The zero-order chi connectivity index (χ0) is 11.1. The van der Waals surface area contributed by atoms with Crippen molar-refractivity contribution in [3.63, 3.8) is 0 Å². The van der Waals surface area contributed by atoms with Crippen LogP contribution in [0, 0.1) is 5.92 Å². The van der Waals surface area contributed by atoms with Crippen LogP contribution in [0.25, 0.3) is 0 Å². The first-order valence-corrected chi connectivity index (χ1v) is 5.85. The van der Waals surface area contributed by atoms with Crippen LogP contribution in [0.5, 0.6) is 0 Å². The van der Waals surface area contributed by atoms with Crippen molar-refractivity contribution in [1.82, 2.24) is 5.32 Å². The molecule has 0 spiro atoms. The van der Waals surface area contributed by atoms with Crippen LogP contribution in [-0.2, 0) is 9.53 Å². The Morgan fingerprint density at radius 1 is 1.67 bits per heavy atom. The van der Waals surface area contributed by atoms with Gasteiger partial charge in [-0.2, -0.15) is 0 Å². The van der Waals surface area contributed by atoms with E-state index >= 15 is 0 Å². The SMILES string of the molecule is CCC[C@@H](N)C(=O)NCC1CCCOC1. The second-order valence-electron chi connectivity index (χ2n) is 4.22. The van der Waals surface area contributed by atoms with E-state index in [1.807, 2.05) is 6.92 Å². The number of amides is 1. The van der Waals surface area contributed by atoms with Crippen molar-refractivity contribution in [2.45, 2.75) is 38.6 Å². The van der Waals surface area contributed by atoms with E-state index in [1.165, 1.54) is 0 Å². The average Bonchev–Trinajstić information content (AvgIpc) is 2.27. The standard InChI is InChI=1S/C11H22N2O2/c1-2-4-10(12)11(14)13-7-9-5-3-6-15-8-9/h9-10H,2-8,12H2,1H3,(H,13,14)/t9?,10-/m1/s1. The molecule has 1 rings (SSSR count). The quantitative estimate of drug-likeness (QED) is 0.706. The van der Waals surface area contributed by atoms with Crippen molar-refractivity contribution >= 4 is 5.91 Å². The smallest absolute Gasteiger partial charge is 0.236 e. The van der Waals surface area contributed by atoms with Gasteiger partial charge in [-0.3, -0.25) is 4.79 Å². The van der Waals surface area contributed by atoms with Gasteiger partial charge in [0.05, 0.1) is 12.6 Å². The molecule has 15 heavy (non-hydrogen) atoms. The lowest BCUT2D eigenvalue weighted by atomic mass is 10.0. The van der Waals surface area contributed by atoms with Gasteiger partial charge >= 0.3 is 0 Å². The molecule has 1 fully saturated rings.